The summed E-state index contributed by atoms with van der Waals surface area (Å²) in [7, 11) is 3.45. The van der Waals surface area contributed by atoms with Gasteiger partial charge in [0.25, 0.3) is 5.91 Å². The fourth-order valence-electron chi connectivity index (χ4n) is 3.31. The Hall–Kier alpha value is -3.09. The van der Waals surface area contributed by atoms with Gasteiger partial charge in [0.05, 0.1) is 30.4 Å². The minimum atomic E-state index is -0.150. The minimum absolute atomic E-state index is 0.150. The molecule has 0 fully saturated rings. The van der Waals surface area contributed by atoms with E-state index in [0.717, 1.165) is 28.0 Å². The van der Waals surface area contributed by atoms with Gasteiger partial charge in [-0.3, -0.25) is 9.48 Å². The number of amides is 1. The Kier molecular flexibility index (Phi) is 6.06. The van der Waals surface area contributed by atoms with Crippen molar-refractivity contribution >= 4 is 16.9 Å². The topological polar surface area (TPSA) is 78.3 Å². The molecule has 0 aliphatic carbocycles. The Bertz CT molecular complexity index is 1040. The van der Waals surface area contributed by atoms with Crippen molar-refractivity contribution in [3.63, 3.8) is 0 Å². The number of rotatable bonds is 7. The number of carbonyl (C=O) groups is 1. The second-order valence-corrected chi connectivity index (χ2v) is 7.26. The average molecular weight is 396 g/mol. The normalized spacial score (nSPS) is 11.1. The van der Waals surface area contributed by atoms with Crippen molar-refractivity contribution in [2.45, 2.75) is 40.2 Å². The number of benzene rings is 1. The lowest BCUT2D eigenvalue weighted by molar-refractivity contribution is 0.0952. The Morgan fingerprint density at radius 2 is 2.00 bits per heavy atom. The minimum Gasteiger partial charge on any atom is -0.493 e. The van der Waals surface area contributed by atoms with Crippen molar-refractivity contribution in [3.05, 3.63) is 46.8 Å². The molecule has 29 heavy (non-hydrogen) atoms. The summed E-state index contributed by atoms with van der Waals surface area (Å²) in [6, 6.07) is 7.53. The van der Waals surface area contributed by atoms with Gasteiger partial charge in [0.2, 0.25) is 0 Å². The van der Waals surface area contributed by atoms with Crippen molar-refractivity contribution in [1.29, 1.82) is 0 Å². The summed E-state index contributed by atoms with van der Waals surface area (Å²) in [6.45, 7) is 8.88. The highest BCUT2D eigenvalue weighted by Gasteiger charge is 2.19. The third kappa shape index (κ3) is 4.18. The zero-order chi connectivity index (χ0) is 21.1. The van der Waals surface area contributed by atoms with Gasteiger partial charge in [-0.25, -0.2) is 4.98 Å². The summed E-state index contributed by atoms with van der Waals surface area (Å²) in [5.74, 6) is 1.39. The third-order valence-electron chi connectivity index (χ3n) is 4.81. The number of aryl methyl sites for hydroxylation is 2. The van der Waals surface area contributed by atoms with Crippen molar-refractivity contribution in [3.8, 4) is 11.5 Å². The molecule has 0 radical (unpaired) electrons. The van der Waals surface area contributed by atoms with Crippen LogP contribution < -0.4 is 14.8 Å². The van der Waals surface area contributed by atoms with Crippen molar-refractivity contribution in [2.24, 2.45) is 7.05 Å². The van der Waals surface area contributed by atoms with Crippen LogP contribution in [0.4, 0.5) is 0 Å². The van der Waals surface area contributed by atoms with Gasteiger partial charge >= 0.3 is 0 Å². The monoisotopic (exact) mass is 396 g/mol. The molecule has 7 heteroatoms. The first-order chi connectivity index (χ1) is 13.8. The van der Waals surface area contributed by atoms with Gasteiger partial charge in [-0.15, -0.1) is 0 Å². The SMILES string of the molecule is CCOc1ccc(CNC(=O)c2cc(C(C)C)nc3c2c(C)nn3C)cc1OC. The molecule has 0 saturated carbocycles. The van der Waals surface area contributed by atoms with Gasteiger partial charge in [-0.05, 0) is 43.5 Å². The lowest BCUT2D eigenvalue weighted by atomic mass is 10.0. The van der Waals surface area contributed by atoms with Crippen LogP contribution >= 0.6 is 0 Å². The molecule has 3 rings (SSSR count). The van der Waals surface area contributed by atoms with Crippen LogP contribution in [-0.4, -0.2) is 34.4 Å². The second kappa shape index (κ2) is 8.51. The number of ether oxygens (including phenoxy) is 2. The van der Waals surface area contributed by atoms with E-state index < -0.39 is 0 Å². The lowest BCUT2D eigenvalue weighted by Gasteiger charge is -2.13. The molecule has 2 heterocycles. The molecule has 7 nitrogen and oxygen atoms in total. The van der Waals surface area contributed by atoms with Gasteiger partial charge in [0, 0.05) is 19.3 Å². The first-order valence-electron chi connectivity index (χ1n) is 9.77. The fourth-order valence-corrected chi connectivity index (χ4v) is 3.31. The molecular weight excluding hydrogens is 368 g/mol. The predicted molar refractivity (Wildman–Crippen MR) is 113 cm³/mol. The summed E-state index contributed by atoms with van der Waals surface area (Å²) >= 11 is 0. The van der Waals surface area contributed by atoms with E-state index >= 15 is 0 Å². The van der Waals surface area contributed by atoms with Crippen LogP contribution in [0.5, 0.6) is 11.5 Å². The van der Waals surface area contributed by atoms with Gasteiger partial charge < -0.3 is 14.8 Å². The predicted octanol–water partition coefficient (Wildman–Crippen LogP) is 3.74. The summed E-state index contributed by atoms with van der Waals surface area (Å²) in [5.41, 5.74) is 3.91. The molecule has 2 aromatic heterocycles. The maximum Gasteiger partial charge on any atom is 0.252 e. The lowest BCUT2D eigenvalue weighted by Crippen LogP contribution is -2.23. The van der Waals surface area contributed by atoms with Crippen molar-refractivity contribution in [1.82, 2.24) is 20.1 Å². The Labute approximate surface area is 171 Å². The summed E-state index contributed by atoms with van der Waals surface area (Å²) in [6.07, 6.45) is 0. The Morgan fingerprint density at radius 1 is 1.24 bits per heavy atom. The van der Waals surface area contributed by atoms with Crippen LogP contribution in [0, 0.1) is 6.92 Å². The number of nitrogens with one attached hydrogen (secondary N) is 1. The highest BCUT2D eigenvalue weighted by Crippen LogP contribution is 2.28. The zero-order valence-electron chi connectivity index (χ0n) is 17.9. The molecule has 1 N–H and O–H groups in total. The van der Waals surface area contributed by atoms with E-state index in [9.17, 15) is 4.79 Å². The zero-order valence-corrected chi connectivity index (χ0v) is 17.9. The van der Waals surface area contributed by atoms with Crippen LogP contribution in [-0.2, 0) is 13.6 Å². The molecule has 0 aliphatic rings. The van der Waals surface area contributed by atoms with Crippen LogP contribution in [0.15, 0.2) is 24.3 Å². The van der Waals surface area contributed by atoms with E-state index in [1.165, 1.54) is 0 Å². The number of pyridine rings is 1. The van der Waals surface area contributed by atoms with Crippen LogP contribution in [0.2, 0.25) is 0 Å². The molecule has 3 aromatic rings. The standard InChI is InChI=1S/C22H28N4O3/c1-7-29-18-9-8-15(10-19(18)28-6)12-23-22(27)16-11-17(13(2)3)24-21-20(16)14(4)25-26(21)5/h8-11,13H,7,12H2,1-6H3,(H,23,27). The molecule has 1 aromatic carbocycles. The second-order valence-electron chi connectivity index (χ2n) is 7.26. The van der Waals surface area contributed by atoms with Gasteiger partial charge in [0.15, 0.2) is 17.1 Å². The molecule has 0 aliphatic heterocycles. The molecule has 154 valence electrons. The molecular formula is C22H28N4O3. The highest BCUT2D eigenvalue weighted by molar-refractivity contribution is 6.06. The first-order valence-corrected chi connectivity index (χ1v) is 9.77. The van der Waals surface area contributed by atoms with Crippen LogP contribution in [0.3, 0.4) is 0 Å². The number of methoxy groups -OCH3 is 1. The smallest absolute Gasteiger partial charge is 0.252 e. The largest absolute Gasteiger partial charge is 0.493 e. The third-order valence-corrected chi connectivity index (χ3v) is 4.81. The maximum absolute atomic E-state index is 13.1. The molecule has 0 atom stereocenters. The summed E-state index contributed by atoms with van der Waals surface area (Å²) < 4.78 is 12.7. The van der Waals surface area contributed by atoms with Gasteiger partial charge in [0.1, 0.15) is 0 Å². The van der Waals surface area contributed by atoms with Gasteiger partial charge in [-0.1, -0.05) is 19.9 Å². The number of hydrogen-bond acceptors (Lipinski definition) is 5. The summed E-state index contributed by atoms with van der Waals surface area (Å²) in [4.78, 5) is 17.8. The van der Waals surface area contributed by atoms with Crippen LogP contribution in [0.25, 0.3) is 11.0 Å². The van der Waals surface area contributed by atoms with E-state index in [1.807, 2.05) is 45.2 Å². The number of fused-ring (bicyclic) bond motifs is 1. The number of carbonyl (C=O) groups excluding carboxylic acids is 1. The quantitative estimate of drug-likeness (QED) is 0.658. The van der Waals surface area contributed by atoms with Crippen molar-refractivity contribution < 1.29 is 14.3 Å². The maximum atomic E-state index is 13.1. The van der Waals surface area contributed by atoms with E-state index in [4.69, 9.17) is 14.5 Å². The van der Waals surface area contributed by atoms with E-state index in [2.05, 4.69) is 24.3 Å². The van der Waals surface area contributed by atoms with Crippen molar-refractivity contribution in [2.75, 3.05) is 13.7 Å². The molecule has 0 bridgehead atoms. The summed E-state index contributed by atoms with van der Waals surface area (Å²) in [5, 5.41) is 8.25. The van der Waals surface area contributed by atoms with E-state index in [1.54, 1.807) is 11.8 Å². The fraction of sp³-hybridized carbons (Fsp3) is 0.409. The highest BCUT2D eigenvalue weighted by atomic mass is 16.5. The van der Waals surface area contributed by atoms with Crippen LogP contribution in [0.1, 0.15) is 54.0 Å². The average Bonchev–Trinajstić information content (AvgIpc) is 3.00. The Balaban J connectivity index is 1.89. The first kappa shape index (κ1) is 20.6. The molecule has 0 saturated heterocycles. The number of hydrogen-bond donors (Lipinski definition) is 1. The molecule has 0 spiro atoms. The molecule has 0 unspecified atom stereocenters. The van der Waals surface area contributed by atoms with E-state index in [0.29, 0.717) is 30.2 Å². The number of nitrogens with zero attached hydrogens (tertiary/aromatic N) is 3. The Morgan fingerprint density at radius 3 is 2.66 bits per heavy atom. The molecule has 1 amide bonds. The van der Waals surface area contributed by atoms with E-state index in [-0.39, 0.29) is 11.8 Å². The van der Waals surface area contributed by atoms with Gasteiger partial charge in [-0.2, -0.15) is 5.10 Å². The number of aromatic nitrogens is 3.